The van der Waals surface area contributed by atoms with Crippen LogP contribution in [-0.2, 0) is 6.18 Å². The van der Waals surface area contributed by atoms with E-state index in [4.69, 9.17) is 11.6 Å². The Kier molecular flexibility index (Phi) is 6.18. The third-order valence-corrected chi connectivity index (χ3v) is 5.47. The molecule has 150 valence electrons. The molecule has 0 aromatic heterocycles. The molecule has 0 saturated heterocycles. The third kappa shape index (κ3) is 4.79. The van der Waals surface area contributed by atoms with E-state index in [0.29, 0.717) is 17.9 Å². The number of alkyl halides is 3. The number of hydrogen-bond donors (Lipinski definition) is 2. The molecule has 0 aliphatic heterocycles. The quantitative estimate of drug-likeness (QED) is 0.632. The summed E-state index contributed by atoms with van der Waals surface area (Å²) in [6, 6.07) is 11.8. The van der Waals surface area contributed by atoms with Gasteiger partial charge in [-0.2, -0.15) is 13.2 Å². The molecule has 1 fully saturated rings. The summed E-state index contributed by atoms with van der Waals surface area (Å²) in [5.41, 5.74) is 0.525. The second kappa shape index (κ2) is 8.43. The number of benzene rings is 2. The minimum atomic E-state index is -4.41. The molecule has 1 aliphatic rings. The van der Waals surface area contributed by atoms with Gasteiger partial charge in [0.1, 0.15) is 0 Å². The van der Waals surface area contributed by atoms with Gasteiger partial charge < -0.3 is 10.6 Å². The first-order chi connectivity index (χ1) is 13.3. The lowest BCUT2D eigenvalue weighted by atomic mass is 9.90. The second-order valence-electron chi connectivity index (χ2n) is 7.12. The molecule has 7 heteroatoms. The van der Waals surface area contributed by atoms with Crippen LogP contribution in [0.3, 0.4) is 0 Å². The molecule has 2 aromatic rings. The molecule has 2 unspecified atom stereocenters. The van der Waals surface area contributed by atoms with E-state index < -0.39 is 11.7 Å². The highest BCUT2D eigenvalue weighted by molar-refractivity contribution is 6.30. The van der Waals surface area contributed by atoms with Crippen LogP contribution in [0, 0.1) is 0 Å². The molecule has 3 rings (SSSR count). The molecule has 1 saturated carbocycles. The van der Waals surface area contributed by atoms with Gasteiger partial charge in [0.15, 0.2) is 0 Å². The van der Waals surface area contributed by atoms with Gasteiger partial charge in [0, 0.05) is 17.0 Å². The smallest absolute Gasteiger partial charge is 0.335 e. The van der Waals surface area contributed by atoms with Crippen molar-refractivity contribution in [1.29, 1.82) is 0 Å². The molecule has 3 atom stereocenters. The van der Waals surface area contributed by atoms with E-state index in [1.807, 2.05) is 19.1 Å². The number of amides is 2. The first kappa shape index (κ1) is 20.5. The first-order valence-electron chi connectivity index (χ1n) is 9.24. The molecular weight excluding hydrogens is 389 g/mol. The lowest BCUT2D eigenvalue weighted by Crippen LogP contribution is -2.44. The van der Waals surface area contributed by atoms with Crippen LogP contribution in [0.5, 0.6) is 0 Å². The average Bonchev–Trinajstić information content (AvgIpc) is 3.09. The number of urea groups is 1. The van der Waals surface area contributed by atoms with Crippen molar-refractivity contribution in [2.24, 2.45) is 0 Å². The van der Waals surface area contributed by atoms with E-state index in [0.717, 1.165) is 18.1 Å². The minimum absolute atomic E-state index is 0.250. The van der Waals surface area contributed by atoms with E-state index in [-0.39, 0.29) is 29.6 Å². The summed E-state index contributed by atoms with van der Waals surface area (Å²) in [7, 11) is 0. The standard InChI is InChI=1S/C21H22ClF3N2O/c1-13(14-9-11-15(22)12-10-14)26-20(28)27-19-8-4-6-17(19)16-5-2-3-7-18(16)21(23,24)25/h2-3,5,7,9-13,17,19H,4,6,8H2,1H3,(H2,26,27,28)/t13-,17?,19?/m1/s1. The average molecular weight is 411 g/mol. The van der Waals surface area contributed by atoms with Crippen molar-refractivity contribution in [3.8, 4) is 0 Å². The fourth-order valence-corrected chi connectivity index (χ4v) is 3.95. The summed E-state index contributed by atoms with van der Waals surface area (Å²) in [4.78, 5) is 12.4. The van der Waals surface area contributed by atoms with Gasteiger partial charge in [0.05, 0.1) is 11.6 Å². The Morgan fingerprint density at radius 3 is 2.46 bits per heavy atom. The summed E-state index contributed by atoms with van der Waals surface area (Å²) < 4.78 is 40.1. The molecule has 0 spiro atoms. The molecule has 0 radical (unpaired) electrons. The van der Waals surface area contributed by atoms with Crippen molar-refractivity contribution in [2.45, 2.75) is 50.4 Å². The Hall–Kier alpha value is -2.21. The van der Waals surface area contributed by atoms with Gasteiger partial charge in [-0.25, -0.2) is 4.79 Å². The maximum absolute atomic E-state index is 13.4. The van der Waals surface area contributed by atoms with Gasteiger partial charge in [0.25, 0.3) is 0 Å². The molecule has 2 amide bonds. The van der Waals surface area contributed by atoms with Crippen LogP contribution in [0.4, 0.5) is 18.0 Å². The van der Waals surface area contributed by atoms with Gasteiger partial charge in [-0.05, 0) is 49.1 Å². The van der Waals surface area contributed by atoms with E-state index in [1.54, 1.807) is 18.2 Å². The zero-order valence-corrected chi connectivity index (χ0v) is 16.1. The largest absolute Gasteiger partial charge is 0.416 e. The van der Waals surface area contributed by atoms with Gasteiger partial charge in [-0.15, -0.1) is 0 Å². The van der Waals surface area contributed by atoms with E-state index in [9.17, 15) is 18.0 Å². The van der Waals surface area contributed by atoms with Gasteiger partial charge in [0.2, 0.25) is 0 Å². The SMILES string of the molecule is C[C@@H](NC(=O)NC1CCCC1c1ccccc1C(F)(F)F)c1ccc(Cl)cc1. The molecule has 2 aromatic carbocycles. The van der Waals surface area contributed by atoms with Gasteiger partial charge in [-0.1, -0.05) is 48.4 Å². The number of rotatable bonds is 4. The maximum atomic E-state index is 13.4. The minimum Gasteiger partial charge on any atom is -0.335 e. The number of carbonyl (C=O) groups excluding carboxylic acids is 1. The number of nitrogens with one attached hydrogen (secondary N) is 2. The molecule has 3 nitrogen and oxygen atoms in total. The highest BCUT2D eigenvalue weighted by atomic mass is 35.5. The second-order valence-corrected chi connectivity index (χ2v) is 7.56. The number of hydrogen-bond acceptors (Lipinski definition) is 1. The highest BCUT2D eigenvalue weighted by Crippen LogP contribution is 2.41. The number of carbonyl (C=O) groups is 1. The normalized spacial score (nSPS) is 20.6. The van der Waals surface area contributed by atoms with Crippen LogP contribution in [0.15, 0.2) is 48.5 Å². The molecule has 0 bridgehead atoms. The van der Waals surface area contributed by atoms with Gasteiger partial charge >= 0.3 is 12.2 Å². The van der Waals surface area contributed by atoms with Crippen LogP contribution < -0.4 is 10.6 Å². The summed E-state index contributed by atoms with van der Waals surface area (Å²) in [6.07, 6.45) is -2.37. The summed E-state index contributed by atoms with van der Waals surface area (Å²) in [6.45, 7) is 1.84. The Morgan fingerprint density at radius 2 is 1.79 bits per heavy atom. The van der Waals surface area contributed by atoms with Gasteiger partial charge in [-0.3, -0.25) is 0 Å². The topological polar surface area (TPSA) is 41.1 Å². The fraction of sp³-hybridized carbons (Fsp3) is 0.381. The van der Waals surface area contributed by atoms with E-state index >= 15 is 0 Å². The lowest BCUT2D eigenvalue weighted by Gasteiger charge is -2.25. The van der Waals surface area contributed by atoms with Crippen molar-refractivity contribution in [2.75, 3.05) is 0 Å². The molecular formula is C21H22ClF3N2O. The summed E-state index contributed by atoms with van der Waals surface area (Å²) in [5.74, 6) is -0.352. The number of halogens is 4. The Balaban J connectivity index is 1.69. The van der Waals surface area contributed by atoms with Crippen molar-refractivity contribution in [3.63, 3.8) is 0 Å². The predicted octanol–water partition coefficient (Wildman–Crippen LogP) is 6.06. The van der Waals surface area contributed by atoms with Crippen LogP contribution in [0.2, 0.25) is 5.02 Å². The summed E-state index contributed by atoms with van der Waals surface area (Å²) in [5, 5.41) is 6.33. The van der Waals surface area contributed by atoms with Crippen LogP contribution in [0.25, 0.3) is 0 Å². The monoisotopic (exact) mass is 410 g/mol. The lowest BCUT2D eigenvalue weighted by molar-refractivity contribution is -0.138. The highest BCUT2D eigenvalue weighted by Gasteiger charge is 2.38. The van der Waals surface area contributed by atoms with Crippen LogP contribution in [-0.4, -0.2) is 12.1 Å². The summed E-state index contributed by atoms with van der Waals surface area (Å²) >= 11 is 5.87. The third-order valence-electron chi connectivity index (χ3n) is 5.22. The molecule has 1 aliphatic carbocycles. The molecule has 28 heavy (non-hydrogen) atoms. The Morgan fingerprint density at radius 1 is 1.11 bits per heavy atom. The Bertz CT molecular complexity index is 823. The van der Waals surface area contributed by atoms with Crippen LogP contribution in [0.1, 0.15) is 54.8 Å². The van der Waals surface area contributed by atoms with Crippen molar-refractivity contribution >= 4 is 17.6 Å². The van der Waals surface area contributed by atoms with Crippen molar-refractivity contribution in [1.82, 2.24) is 10.6 Å². The molecule has 2 N–H and O–H groups in total. The molecule has 0 heterocycles. The van der Waals surface area contributed by atoms with Crippen LogP contribution >= 0.6 is 11.6 Å². The zero-order valence-electron chi connectivity index (χ0n) is 15.4. The zero-order chi connectivity index (χ0) is 20.3. The van der Waals surface area contributed by atoms with Crippen molar-refractivity contribution < 1.29 is 18.0 Å². The first-order valence-corrected chi connectivity index (χ1v) is 9.62. The van der Waals surface area contributed by atoms with E-state index in [1.165, 1.54) is 12.1 Å². The fourth-order valence-electron chi connectivity index (χ4n) is 3.83. The Labute approximate surface area is 167 Å². The maximum Gasteiger partial charge on any atom is 0.416 e. The van der Waals surface area contributed by atoms with E-state index in [2.05, 4.69) is 10.6 Å². The van der Waals surface area contributed by atoms with Crippen molar-refractivity contribution in [3.05, 3.63) is 70.2 Å². The predicted molar refractivity (Wildman–Crippen MR) is 103 cm³/mol.